The number of sulfonamides is 1. The van der Waals surface area contributed by atoms with E-state index in [1.165, 1.54) is 23.5 Å². The Bertz CT molecular complexity index is 601. The highest BCUT2D eigenvalue weighted by Gasteiger charge is 2.28. The van der Waals surface area contributed by atoms with E-state index in [1.54, 1.807) is 0 Å². The maximum atomic E-state index is 12.5. The molecule has 1 heterocycles. The van der Waals surface area contributed by atoms with E-state index in [-0.39, 0.29) is 26.7 Å². The normalized spacial score (nSPS) is 19.7. The molecule has 1 unspecified atom stereocenters. The molecule has 2 rings (SSSR count). The van der Waals surface area contributed by atoms with Crippen LogP contribution in [0.25, 0.3) is 0 Å². The molecule has 1 aliphatic heterocycles. The molecule has 0 aliphatic carbocycles. The van der Waals surface area contributed by atoms with Gasteiger partial charge in [-0.05, 0) is 25.0 Å². The van der Waals surface area contributed by atoms with Gasteiger partial charge in [-0.15, -0.1) is 0 Å². The zero-order chi connectivity index (χ0) is 14.9. The summed E-state index contributed by atoms with van der Waals surface area (Å²) in [5.74, 6) is 0. The molecule has 0 amide bonds. The number of hydrogen-bond donors (Lipinski definition) is 1. The van der Waals surface area contributed by atoms with Gasteiger partial charge in [0.05, 0.1) is 21.8 Å². The third kappa shape index (κ3) is 3.04. The number of nitrogens with two attached hydrogens (primary N) is 1. The average Bonchev–Trinajstić information content (AvgIpc) is 2.88. The Labute approximate surface area is 128 Å². The van der Waals surface area contributed by atoms with Gasteiger partial charge in [0, 0.05) is 20.2 Å². The molecule has 1 atom stereocenters. The topological polar surface area (TPSA) is 72.6 Å². The Kier molecular flexibility index (Phi) is 4.81. The Balaban J connectivity index is 2.27. The van der Waals surface area contributed by atoms with Crippen LogP contribution in [-0.4, -0.2) is 39.0 Å². The number of rotatable bonds is 4. The molecule has 20 heavy (non-hydrogen) atoms. The van der Waals surface area contributed by atoms with Crippen molar-refractivity contribution in [2.75, 3.05) is 25.9 Å². The number of hydrogen-bond acceptors (Lipinski definition) is 4. The maximum Gasteiger partial charge on any atom is 0.244 e. The molecule has 1 aliphatic rings. The Morgan fingerprint density at radius 3 is 2.75 bits per heavy atom. The first-order valence-electron chi connectivity index (χ1n) is 6.15. The summed E-state index contributed by atoms with van der Waals surface area (Å²) in [5, 5.41) is 0.187. The van der Waals surface area contributed by atoms with Gasteiger partial charge in [-0.3, -0.25) is 0 Å². The standard InChI is InChI=1S/C12H16Cl2N2O3S/c1-16(7-8-3-2-6-19-8)20(17,18)10-5-4-9(13)12(15)11(10)14/h4-5,8H,2-3,6-7,15H2,1H3. The number of benzene rings is 1. The molecular formula is C12H16Cl2N2O3S. The highest BCUT2D eigenvalue weighted by Crippen LogP contribution is 2.34. The first kappa shape index (κ1) is 15.9. The molecule has 1 saturated heterocycles. The Morgan fingerprint density at radius 1 is 1.45 bits per heavy atom. The summed E-state index contributed by atoms with van der Waals surface area (Å²) in [5.41, 5.74) is 5.74. The van der Waals surface area contributed by atoms with Gasteiger partial charge in [-0.25, -0.2) is 8.42 Å². The molecule has 0 bridgehead atoms. The van der Waals surface area contributed by atoms with Crippen LogP contribution in [0.5, 0.6) is 0 Å². The third-order valence-electron chi connectivity index (χ3n) is 3.26. The monoisotopic (exact) mass is 338 g/mol. The molecule has 0 saturated carbocycles. The van der Waals surface area contributed by atoms with Crippen molar-refractivity contribution in [1.82, 2.24) is 4.31 Å². The van der Waals surface area contributed by atoms with E-state index in [1.807, 2.05) is 0 Å². The van der Waals surface area contributed by atoms with Gasteiger partial charge in [-0.1, -0.05) is 23.2 Å². The van der Waals surface area contributed by atoms with E-state index < -0.39 is 10.0 Å². The molecule has 1 fully saturated rings. The number of nitrogens with zero attached hydrogens (tertiary/aromatic N) is 1. The van der Waals surface area contributed by atoms with Gasteiger partial charge >= 0.3 is 0 Å². The lowest BCUT2D eigenvalue weighted by atomic mass is 10.2. The molecule has 112 valence electrons. The van der Waals surface area contributed by atoms with Crippen molar-refractivity contribution in [2.45, 2.75) is 23.8 Å². The van der Waals surface area contributed by atoms with Gasteiger partial charge in [0.1, 0.15) is 4.90 Å². The lowest BCUT2D eigenvalue weighted by Crippen LogP contribution is -2.34. The number of ether oxygens (including phenoxy) is 1. The molecular weight excluding hydrogens is 323 g/mol. The molecule has 1 aromatic rings. The minimum Gasteiger partial charge on any atom is -0.396 e. The van der Waals surface area contributed by atoms with Crippen molar-refractivity contribution in [3.05, 3.63) is 22.2 Å². The van der Waals surface area contributed by atoms with E-state index in [4.69, 9.17) is 33.7 Å². The first-order valence-corrected chi connectivity index (χ1v) is 8.35. The summed E-state index contributed by atoms with van der Waals surface area (Å²) in [6.45, 7) is 0.967. The quantitative estimate of drug-likeness (QED) is 0.855. The van der Waals surface area contributed by atoms with E-state index in [0.29, 0.717) is 13.2 Å². The summed E-state index contributed by atoms with van der Waals surface area (Å²) in [6.07, 6.45) is 1.74. The summed E-state index contributed by atoms with van der Waals surface area (Å²) in [6, 6.07) is 2.79. The highest BCUT2D eigenvalue weighted by molar-refractivity contribution is 7.89. The summed E-state index contributed by atoms with van der Waals surface area (Å²) in [7, 11) is -2.22. The van der Waals surface area contributed by atoms with Crippen LogP contribution in [0.4, 0.5) is 5.69 Å². The molecule has 0 spiro atoms. The van der Waals surface area contributed by atoms with Crippen LogP contribution in [-0.2, 0) is 14.8 Å². The summed E-state index contributed by atoms with van der Waals surface area (Å²) in [4.78, 5) is -0.0402. The first-order chi connectivity index (χ1) is 9.34. The molecule has 2 N–H and O–H groups in total. The lowest BCUT2D eigenvalue weighted by molar-refractivity contribution is 0.0979. The molecule has 0 radical (unpaired) electrons. The minimum atomic E-state index is -3.71. The molecule has 0 aromatic heterocycles. The van der Waals surface area contributed by atoms with Crippen LogP contribution in [0.3, 0.4) is 0 Å². The number of anilines is 1. The third-order valence-corrected chi connectivity index (χ3v) is 5.98. The van der Waals surface area contributed by atoms with Gasteiger partial charge in [0.25, 0.3) is 0 Å². The fourth-order valence-corrected chi connectivity index (χ4v) is 4.03. The van der Waals surface area contributed by atoms with E-state index in [0.717, 1.165) is 12.8 Å². The van der Waals surface area contributed by atoms with Gasteiger partial charge < -0.3 is 10.5 Å². The number of nitrogen functional groups attached to an aromatic ring is 1. The molecule has 8 heteroatoms. The minimum absolute atomic E-state index is 0.0402. The van der Waals surface area contributed by atoms with Crippen LogP contribution in [0.2, 0.25) is 10.0 Å². The Hall–Kier alpha value is -0.530. The van der Waals surface area contributed by atoms with Gasteiger partial charge in [-0.2, -0.15) is 4.31 Å². The highest BCUT2D eigenvalue weighted by atomic mass is 35.5. The lowest BCUT2D eigenvalue weighted by Gasteiger charge is -2.21. The second kappa shape index (κ2) is 6.07. The zero-order valence-electron chi connectivity index (χ0n) is 11.0. The largest absolute Gasteiger partial charge is 0.396 e. The van der Waals surface area contributed by atoms with Crippen LogP contribution in [0, 0.1) is 0 Å². The average molecular weight is 339 g/mol. The van der Waals surface area contributed by atoms with Crippen molar-refractivity contribution in [3.8, 4) is 0 Å². The number of halogens is 2. The summed E-state index contributed by atoms with van der Waals surface area (Å²) >= 11 is 11.8. The zero-order valence-corrected chi connectivity index (χ0v) is 13.3. The predicted octanol–water partition coefficient (Wildman–Crippen LogP) is 2.38. The fourth-order valence-electron chi connectivity index (χ4n) is 2.09. The van der Waals surface area contributed by atoms with E-state index in [9.17, 15) is 8.42 Å². The second-order valence-electron chi connectivity index (χ2n) is 4.69. The van der Waals surface area contributed by atoms with Gasteiger partial charge in [0.2, 0.25) is 10.0 Å². The van der Waals surface area contributed by atoms with Crippen molar-refractivity contribution in [2.24, 2.45) is 0 Å². The van der Waals surface area contributed by atoms with Crippen LogP contribution < -0.4 is 5.73 Å². The SMILES string of the molecule is CN(CC1CCCO1)S(=O)(=O)c1ccc(Cl)c(N)c1Cl. The smallest absolute Gasteiger partial charge is 0.244 e. The van der Waals surface area contributed by atoms with E-state index in [2.05, 4.69) is 0 Å². The van der Waals surface area contributed by atoms with Crippen molar-refractivity contribution in [3.63, 3.8) is 0 Å². The van der Waals surface area contributed by atoms with Crippen LogP contribution in [0.1, 0.15) is 12.8 Å². The second-order valence-corrected chi connectivity index (χ2v) is 7.49. The van der Waals surface area contributed by atoms with Crippen molar-refractivity contribution < 1.29 is 13.2 Å². The summed E-state index contributed by atoms with van der Waals surface area (Å²) < 4.78 is 31.7. The van der Waals surface area contributed by atoms with E-state index >= 15 is 0 Å². The van der Waals surface area contributed by atoms with Crippen LogP contribution >= 0.6 is 23.2 Å². The maximum absolute atomic E-state index is 12.5. The van der Waals surface area contributed by atoms with Crippen molar-refractivity contribution in [1.29, 1.82) is 0 Å². The number of likely N-dealkylation sites (N-methyl/N-ethyl adjacent to an activating group) is 1. The fraction of sp³-hybridized carbons (Fsp3) is 0.500. The van der Waals surface area contributed by atoms with Crippen LogP contribution in [0.15, 0.2) is 17.0 Å². The molecule has 1 aromatic carbocycles. The van der Waals surface area contributed by atoms with Crippen molar-refractivity contribution >= 4 is 38.9 Å². The predicted molar refractivity (Wildman–Crippen MR) is 79.7 cm³/mol. The van der Waals surface area contributed by atoms with Gasteiger partial charge in [0.15, 0.2) is 0 Å². The Morgan fingerprint density at radius 2 is 2.15 bits per heavy atom. The molecule has 5 nitrogen and oxygen atoms in total.